The molecular weight excluding hydrogens is 314 g/mol. The van der Waals surface area contributed by atoms with Gasteiger partial charge in [-0.3, -0.25) is 14.5 Å². The summed E-state index contributed by atoms with van der Waals surface area (Å²) in [5, 5.41) is 2.95. The third-order valence-electron chi connectivity index (χ3n) is 5.21. The van der Waals surface area contributed by atoms with Crippen molar-refractivity contribution in [1.82, 2.24) is 15.1 Å². The Balaban J connectivity index is 1.40. The predicted molar refractivity (Wildman–Crippen MR) is 97.8 cm³/mol. The molecule has 136 valence electrons. The first-order valence-electron chi connectivity index (χ1n) is 9.52. The second kappa shape index (κ2) is 8.48. The topological polar surface area (TPSA) is 52.7 Å². The molecule has 1 aliphatic heterocycles. The summed E-state index contributed by atoms with van der Waals surface area (Å²) < 4.78 is 0. The summed E-state index contributed by atoms with van der Waals surface area (Å²) in [5.74, 6) is 0.0681. The lowest BCUT2D eigenvalue weighted by Crippen LogP contribution is -2.49. The number of nitrogens with zero attached hydrogens (tertiary/aromatic N) is 2. The number of amides is 2. The van der Waals surface area contributed by atoms with E-state index in [9.17, 15) is 9.59 Å². The Morgan fingerprint density at radius 2 is 1.80 bits per heavy atom. The number of piperazine rings is 1. The van der Waals surface area contributed by atoms with Crippen molar-refractivity contribution in [3.8, 4) is 0 Å². The minimum absolute atomic E-state index is 0.0644. The summed E-state index contributed by atoms with van der Waals surface area (Å²) in [4.78, 5) is 29.0. The molecule has 1 saturated heterocycles. The molecule has 1 N–H and O–H groups in total. The van der Waals surface area contributed by atoms with E-state index in [1.807, 2.05) is 11.0 Å². The van der Waals surface area contributed by atoms with Crippen LogP contribution in [0.15, 0.2) is 30.3 Å². The number of carbonyl (C=O) groups is 2. The van der Waals surface area contributed by atoms with E-state index in [0.717, 1.165) is 58.5 Å². The Kier molecular flexibility index (Phi) is 6.08. The molecule has 0 spiro atoms. The number of unbranched alkanes of at least 4 members (excludes halogenated alkanes) is 1. The zero-order valence-electron chi connectivity index (χ0n) is 15.1. The van der Waals surface area contributed by atoms with Gasteiger partial charge >= 0.3 is 0 Å². The second-order valence-electron chi connectivity index (χ2n) is 7.18. The highest BCUT2D eigenvalue weighted by atomic mass is 16.2. The lowest BCUT2D eigenvalue weighted by atomic mass is 10.2. The SMILES string of the molecule is CCCCNC(=O)C1CC1C(=O)N1CCN(Cc2ccccc2)CC1. The van der Waals surface area contributed by atoms with Crippen LogP contribution in [0.5, 0.6) is 0 Å². The molecule has 25 heavy (non-hydrogen) atoms. The number of benzene rings is 1. The highest BCUT2D eigenvalue weighted by Crippen LogP contribution is 2.40. The van der Waals surface area contributed by atoms with Crippen molar-refractivity contribution < 1.29 is 9.59 Å². The molecule has 3 rings (SSSR count). The molecule has 2 atom stereocenters. The van der Waals surface area contributed by atoms with Gasteiger partial charge in [0.2, 0.25) is 11.8 Å². The number of carbonyl (C=O) groups excluding carboxylic acids is 2. The lowest BCUT2D eigenvalue weighted by molar-refractivity contribution is -0.136. The molecular formula is C20H29N3O2. The zero-order chi connectivity index (χ0) is 17.6. The summed E-state index contributed by atoms with van der Waals surface area (Å²) in [6.07, 6.45) is 2.79. The van der Waals surface area contributed by atoms with Crippen LogP contribution in [0.2, 0.25) is 0 Å². The monoisotopic (exact) mass is 343 g/mol. The van der Waals surface area contributed by atoms with Crippen molar-refractivity contribution in [3.05, 3.63) is 35.9 Å². The Bertz CT molecular complexity index is 582. The first-order chi connectivity index (χ1) is 12.2. The standard InChI is InChI=1S/C20H29N3O2/c1-2-3-9-21-19(24)17-14-18(17)20(25)23-12-10-22(11-13-23)15-16-7-5-4-6-8-16/h4-8,17-18H,2-3,9-15H2,1H3,(H,21,24). The molecule has 5 nitrogen and oxygen atoms in total. The first kappa shape index (κ1) is 17.9. The predicted octanol–water partition coefficient (Wildman–Crippen LogP) is 1.88. The summed E-state index contributed by atoms with van der Waals surface area (Å²) in [5.41, 5.74) is 1.31. The van der Waals surface area contributed by atoms with E-state index in [1.165, 1.54) is 5.56 Å². The van der Waals surface area contributed by atoms with E-state index < -0.39 is 0 Å². The molecule has 1 aliphatic carbocycles. The highest BCUT2D eigenvalue weighted by Gasteiger charge is 2.49. The van der Waals surface area contributed by atoms with Gasteiger partial charge in [-0.25, -0.2) is 0 Å². The Morgan fingerprint density at radius 3 is 2.48 bits per heavy atom. The Labute approximate surface area is 150 Å². The van der Waals surface area contributed by atoms with Gasteiger partial charge in [-0.05, 0) is 18.4 Å². The van der Waals surface area contributed by atoms with Gasteiger partial charge in [0.1, 0.15) is 0 Å². The molecule has 2 fully saturated rings. The quantitative estimate of drug-likeness (QED) is 0.769. The molecule has 5 heteroatoms. The van der Waals surface area contributed by atoms with Crippen LogP contribution in [-0.4, -0.2) is 54.3 Å². The highest BCUT2D eigenvalue weighted by molar-refractivity contribution is 5.92. The van der Waals surface area contributed by atoms with Crippen LogP contribution in [0.3, 0.4) is 0 Å². The van der Waals surface area contributed by atoms with Gasteiger partial charge < -0.3 is 10.2 Å². The fourth-order valence-corrected chi connectivity index (χ4v) is 3.48. The van der Waals surface area contributed by atoms with Crippen molar-refractivity contribution >= 4 is 11.8 Å². The minimum atomic E-state index is -0.0910. The second-order valence-corrected chi connectivity index (χ2v) is 7.18. The van der Waals surface area contributed by atoms with E-state index in [-0.39, 0.29) is 23.7 Å². The van der Waals surface area contributed by atoms with Gasteiger partial charge in [0.05, 0.1) is 11.8 Å². The summed E-state index contributed by atoms with van der Waals surface area (Å²) in [7, 11) is 0. The van der Waals surface area contributed by atoms with Gasteiger partial charge in [-0.1, -0.05) is 43.7 Å². The molecule has 1 aromatic carbocycles. The number of hydrogen-bond acceptors (Lipinski definition) is 3. The third-order valence-corrected chi connectivity index (χ3v) is 5.21. The summed E-state index contributed by atoms with van der Waals surface area (Å²) in [6, 6.07) is 10.4. The number of hydrogen-bond donors (Lipinski definition) is 1. The largest absolute Gasteiger partial charge is 0.356 e. The Morgan fingerprint density at radius 1 is 1.08 bits per heavy atom. The molecule has 0 bridgehead atoms. The van der Waals surface area contributed by atoms with Crippen molar-refractivity contribution in [2.45, 2.75) is 32.7 Å². The minimum Gasteiger partial charge on any atom is -0.356 e. The molecule has 0 radical (unpaired) electrons. The number of rotatable bonds is 7. The van der Waals surface area contributed by atoms with Crippen LogP contribution in [0.25, 0.3) is 0 Å². The van der Waals surface area contributed by atoms with Crippen LogP contribution >= 0.6 is 0 Å². The van der Waals surface area contributed by atoms with Crippen molar-refractivity contribution in [2.75, 3.05) is 32.7 Å². The van der Waals surface area contributed by atoms with Crippen LogP contribution in [0, 0.1) is 11.8 Å². The maximum atomic E-state index is 12.6. The first-order valence-corrected chi connectivity index (χ1v) is 9.52. The van der Waals surface area contributed by atoms with Gasteiger partial charge in [0.15, 0.2) is 0 Å². The molecule has 1 heterocycles. The van der Waals surface area contributed by atoms with E-state index in [0.29, 0.717) is 0 Å². The molecule has 2 amide bonds. The molecule has 1 saturated carbocycles. The normalized spacial score (nSPS) is 23.3. The van der Waals surface area contributed by atoms with Gasteiger partial charge in [-0.2, -0.15) is 0 Å². The summed E-state index contributed by atoms with van der Waals surface area (Å²) in [6.45, 7) is 7.12. The van der Waals surface area contributed by atoms with E-state index in [1.54, 1.807) is 0 Å². The lowest BCUT2D eigenvalue weighted by Gasteiger charge is -2.35. The van der Waals surface area contributed by atoms with Gasteiger partial charge in [0.25, 0.3) is 0 Å². The smallest absolute Gasteiger partial charge is 0.226 e. The molecule has 2 aliphatic rings. The summed E-state index contributed by atoms with van der Waals surface area (Å²) >= 11 is 0. The van der Waals surface area contributed by atoms with Crippen LogP contribution in [-0.2, 0) is 16.1 Å². The van der Waals surface area contributed by atoms with Crippen LogP contribution in [0.4, 0.5) is 0 Å². The fourth-order valence-electron chi connectivity index (χ4n) is 3.48. The molecule has 1 aromatic rings. The van der Waals surface area contributed by atoms with E-state index in [4.69, 9.17) is 0 Å². The van der Waals surface area contributed by atoms with E-state index in [2.05, 4.69) is 41.4 Å². The van der Waals surface area contributed by atoms with Gasteiger partial charge in [0, 0.05) is 39.3 Å². The van der Waals surface area contributed by atoms with E-state index >= 15 is 0 Å². The van der Waals surface area contributed by atoms with Gasteiger partial charge in [-0.15, -0.1) is 0 Å². The van der Waals surface area contributed by atoms with Crippen LogP contribution < -0.4 is 5.32 Å². The average Bonchev–Trinajstić information content (AvgIpc) is 3.44. The average molecular weight is 343 g/mol. The molecule has 0 aromatic heterocycles. The molecule has 2 unspecified atom stereocenters. The maximum Gasteiger partial charge on any atom is 0.226 e. The number of nitrogens with one attached hydrogen (secondary N) is 1. The zero-order valence-corrected chi connectivity index (χ0v) is 15.1. The maximum absolute atomic E-state index is 12.6. The van der Waals surface area contributed by atoms with Crippen LogP contribution in [0.1, 0.15) is 31.7 Å². The third kappa shape index (κ3) is 4.82. The van der Waals surface area contributed by atoms with Crippen molar-refractivity contribution in [3.63, 3.8) is 0 Å². The Hall–Kier alpha value is -1.88. The fraction of sp³-hybridized carbons (Fsp3) is 0.600. The van der Waals surface area contributed by atoms with Crippen molar-refractivity contribution in [2.24, 2.45) is 11.8 Å². The van der Waals surface area contributed by atoms with Crippen molar-refractivity contribution in [1.29, 1.82) is 0 Å².